The van der Waals surface area contributed by atoms with Gasteiger partial charge in [0, 0.05) is 12.5 Å². The molecule has 2 aliphatic rings. The Labute approximate surface area is 244 Å². The SMILES string of the molecule is O=C(C[C@H](NC(=O)OCC1c2ccccc2-c2ccccc21)C(=O)NCC1CCCC1C(=O)O)OCc1ccccc1. The van der Waals surface area contributed by atoms with Gasteiger partial charge in [0.1, 0.15) is 19.3 Å². The second-order valence-corrected chi connectivity index (χ2v) is 10.8. The van der Waals surface area contributed by atoms with Crippen molar-refractivity contribution in [1.29, 1.82) is 0 Å². The quantitative estimate of drug-likeness (QED) is 0.286. The van der Waals surface area contributed by atoms with Gasteiger partial charge in [0.2, 0.25) is 5.91 Å². The van der Waals surface area contributed by atoms with E-state index in [2.05, 4.69) is 10.6 Å². The number of benzene rings is 3. The Hall–Kier alpha value is -4.66. The van der Waals surface area contributed by atoms with Crippen LogP contribution in [-0.2, 0) is 30.5 Å². The second kappa shape index (κ2) is 13.3. The first-order valence-electron chi connectivity index (χ1n) is 14.2. The van der Waals surface area contributed by atoms with Gasteiger partial charge in [-0.1, -0.05) is 85.3 Å². The maximum atomic E-state index is 13.2. The molecule has 2 aliphatic carbocycles. The Bertz CT molecular complexity index is 1400. The van der Waals surface area contributed by atoms with Crippen molar-refractivity contribution in [3.05, 3.63) is 95.6 Å². The smallest absolute Gasteiger partial charge is 0.407 e. The molecule has 0 spiro atoms. The minimum atomic E-state index is -1.26. The topological polar surface area (TPSA) is 131 Å². The molecule has 3 N–H and O–H groups in total. The summed E-state index contributed by atoms with van der Waals surface area (Å²) in [5.41, 5.74) is 5.07. The van der Waals surface area contributed by atoms with Crippen LogP contribution in [0, 0.1) is 11.8 Å². The van der Waals surface area contributed by atoms with Crippen LogP contribution < -0.4 is 10.6 Å². The molecular formula is C33H34N2O7. The van der Waals surface area contributed by atoms with Crippen LogP contribution in [-0.4, -0.2) is 48.2 Å². The lowest BCUT2D eigenvalue weighted by molar-refractivity contribution is -0.147. The van der Waals surface area contributed by atoms with Crippen LogP contribution in [0.5, 0.6) is 0 Å². The number of rotatable bonds is 11. The fourth-order valence-electron chi connectivity index (χ4n) is 5.92. The number of carboxylic acid groups (broad SMARTS) is 1. The number of esters is 1. The van der Waals surface area contributed by atoms with E-state index >= 15 is 0 Å². The summed E-state index contributed by atoms with van der Waals surface area (Å²) in [6, 6.07) is 23.8. The van der Waals surface area contributed by atoms with Crippen LogP contribution in [0.25, 0.3) is 11.1 Å². The average Bonchev–Trinajstić information content (AvgIpc) is 3.61. The molecule has 3 aromatic carbocycles. The lowest BCUT2D eigenvalue weighted by Crippen LogP contribution is -2.49. The first-order valence-corrected chi connectivity index (χ1v) is 14.2. The molecular weight excluding hydrogens is 536 g/mol. The third-order valence-corrected chi connectivity index (χ3v) is 8.08. The number of hydrogen-bond donors (Lipinski definition) is 3. The number of amides is 2. The molecule has 2 amide bonds. The lowest BCUT2D eigenvalue weighted by Gasteiger charge is -2.21. The third kappa shape index (κ3) is 6.79. The minimum absolute atomic E-state index is 0.0291. The molecule has 42 heavy (non-hydrogen) atoms. The van der Waals surface area contributed by atoms with E-state index in [1.54, 1.807) is 0 Å². The molecule has 0 aliphatic heterocycles. The van der Waals surface area contributed by atoms with E-state index in [1.165, 1.54) is 0 Å². The molecule has 2 unspecified atom stereocenters. The summed E-state index contributed by atoms with van der Waals surface area (Å²) in [5, 5.41) is 14.7. The number of ether oxygens (including phenoxy) is 2. The molecule has 0 bridgehead atoms. The van der Waals surface area contributed by atoms with Gasteiger partial charge in [0.15, 0.2) is 0 Å². The molecule has 9 heteroatoms. The summed E-state index contributed by atoms with van der Waals surface area (Å²) in [5.74, 6) is -3.06. The number of carbonyl (C=O) groups is 4. The fraction of sp³-hybridized carbons (Fsp3) is 0.333. The Morgan fingerprint density at radius 1 is 0.833 bits per heavy atom. The summed E-state index contributed by atoms with van der Waals surface area (Å²) in [4.78, 5) is 50.4. The van der Waals surface area contributed by atoms with Crippen LogP contribution in [0.2, 0.25) is 0 Å². The van der Waals surface area contributed by atoms with Gasteiger partial charge in [-0.15, -0.1) is 0 Å². The van der Waals surface area contributed by atoms with E-state index in [0.717, 1.165) is 34.2 Å². The van der Waals surface area contributed by atoms with Crippen LogP contribution in [0.15, 0.2) is 78.9 Å². The highest BCUT2D eigenvalue weighted by molar-refractivity contribution is 5.89. The standard InChI is InChI=1S/C33H34N2O7/c36-30(41-19-21-9-2-1-3-10-21)17-29(31(37)34-18-22-11-8-16-23(22)32(38)39)35-33(40)42-20-28-26-14-6-4-12-24(26)25-13-5-7-15-27(25)28/h1-7,9-10,12-15,22-23,28-29H,8,11,16-20H2,(H,34,37)(H,35,40)(H,38,39)/t22?,23?,29-/m0/s1. The molecule has 0 heterocycles. The van der Waals surface area contributed by atoms with Gasteiger partial charge >= 0.3 is 18.0 Å². The van der Waals surface area contributed by atoms with Gasteiger partial charge in [-0.05, 0) is 46.6 Å². The molecule has 5 rings (SSSR count). The summed E-state index contributed by atoms with van der Waals surface area (Å²) in [6.45, 7) is 0.216. The Kier molecular flexibility index (Phi) is 9.16. The normalized spacial score (nSPS) is 17.9. The highest BCUT2D eigenvalue weighted by Crippen LogP contribution is 2.44. The fourth-order valence-corrected chi connectivity index (χ4v) is 5.92. The maximum absolute atomic E-state index is 13.2. The van der Waals surface area contributed by atoms with Crippen LogP contribution in [0.1, 0.15) is 48.3 Å². The second-order valence-electron chi connectivity index (χ2n) is 10.8. The van der Waals surface area contributed by atoms with E-state index in [9.17, 15) is 24.3 Å². The van der Waals surface area contributed by atoms with Gasteiger partial charge in [0.25, 0.3) is 0 Å². The molecule has 218 valence electrons. The summed E-state index contributed by atoms with van der Waals surface area (Å²) in [7, 11) is 0. The van der Waals surface area contributed by atoms with Crippen molar-refractivity contribution in [3.8, 4) is 11.1 Å². The maximum Gasteiger partial charge on any atom is 0.407 e. The molecule has 3 atom stereocenters. The minimum Gasteiger partial charge on any atom is -0.481 e. The zero-order valence-electron chi connectivity index (χ0n) is 23.2. The third-order valence-electron chi connectivity index (χ3n) is 8.08. The number of carboxylic acids is 1. The first-order chi connectivity index (χ1) is 20.4. The van der Waals surface area contributed by atoms with Gasteiger partial charge in [-0.2, -0.15) is 0 Å². The van der Waals surface area contributed by atoms with Crippen molar-refractivity contribution in [2.75, 3.05) is 13.2 Å². The van der Waals surface area contributed by atoms with Crippen LogP contribution in [0.4, 0.5) is 4.79 Å². The average molecular weight is 571 g/mol. The van der Waals surface area contributed by atoms with Gasteiger partial charge in [-0.3, -0.25) is 14.4 Å². The van der Waals surface area contributed by atoms with Crippen molar-refractivity contribution >= 4 is 23.9 Å². The number of alkyl carbamates (subject to hydrolysis) is 1. The molecule has 9 nitrogen and oxygen atoms in total. The number of nitrogens with one attached hydrogen (secondary N) is 2. The van der Waals surface area contributed by atoms with Crippen molar-refractivity contribution < 1.29 is 33.8 Å². The van der Waals surface area contributed by atoms with Gasteiger partial charge in [-0.25, -0.2) is 4.79 Å². The molecule has 1 fully saturated rings. The Morgan fingerprint density at radius 2 is 1.48 bits per heavy atom. The van der Waals surface area contributed by atoms with Gasteiger partial charge < -0.3 is 25.2 Å². The molecule has 0 radical (unpaired) electrons. The summed E-state index contributed by atoms with van der Waals surface area (Å²) >= 11 is 0. The van der Waals surface area contributed by atoms with E-state index in [-0.39, 0.29) is 31.6 Å². The van der Waals surface area contributed by atoms with E-state index < -0.39 is 42.3 Å². The Balaban J connectivity index is 1.22. The predicted octanol–water partition coefficient (Wildman–Crippen LogP) is 4.64. The zero-order chi connectivity index (χ0) is 29.5. The summed E-state index contributed by atoms with van der Waals surface area (Å²) in [6.07, 6.45) is 0.766. The largest absolute Gasteiger partial charge is 0.481 e. The van der Waals surface area contributed by atoms with Gasteiger partial charge in [0.05, 0.1) is 12.3 Å². The van der Waals surface area contributed by atoms with Crippen molar-refractivity contribution in [2.24, 2.45) is 11.8 Å². The van der Waals surface area contributed by atoms with Crippen LogP contribution in [0.3, 0.4) is 0 Å². The van der Waals surface area contributed by atoms with Crippen LogP contribution >= 0.6 is 0 Å². The molecule has 3 aromatic rings. The predicted molar refractivity (Wildman–Crippen MR) is 154 cm³/mol. The number of hydrogen-bond acceptors (Lipinski definition) is 6. The highest BCUT2D eigenvalue weighted by atomic mass is 16.5. The number of fused-ring (bicyclic) bond motifs is 3. The highest BCUT2D eigenvalue weighted by Gasteiger charge is 2.34. The van der Waals surface area contributed by atoms with E-state index in [1.807, 2.05) is 78.9 Å². The molecule has 0 aromatic heterocycles. The lowest BCUT2D eigenvalue weighted by atomic mass is 9.96. The zero-order valence-corrected chi connectivity index (χ0v) is 23.2. The van der Waals surface area contributed by atoms with E-state index in [0.29, 0.717) is 12.8 Å². The van der Waals surface area contributed by atoms with Crippen molar-refractivity contribution in [2.45, 2.75) is 44.2 Å². The monoisotopic (exact) mass is 570 g/mol. The number of aliphatic carboxylic acids is 1. The van der Waals surface area contributed by atoms with Crippen molar-refractivity contribution in [1.82, 2.24) is 10.6 Å². The number of carbonyl (C=O) groups excluding carboxylic acids is 3. The molecule has 1 saturated carbocycles. The first kappa shape index (κ1) is 28.9. The summed E-state index contributed by atoms with van der Waals surface area (Å²) < 4.78 is 10.9. The van der Waals surface area contributed by atoms with Crippen molar-refractivity contribution in [3.63, 3.8) is 0 Å². The van der Waals surface area contributed by atoms with E-state index in [4.69, 9.17) is 9.47 Å². The molecule has 0 saturated heterocycles. The Morgan fingerprint density at radius 3 is 2.14 bits per heavy atom.